The van der Waals surface area contributed by atoms with Crippen LogP contribution in [0.4, 0.5) is 10.3 Å². The molecule has 0 atom stereocenters. The number of aryl methyl sites for hydroxylation is 2. The Labute approximate surface area is 149 Å². The van der Waals surface area contributed by atoms with Crippen LogP contribution < -0.4 is 5.32 Å². The van der Waals surface area contributed by atoms with Crippen molar-refractivity contribution in [3.8, 4) is 0 Å². The number of nitrogens with one attached hydrogen (secondary N) is 1. The predicted molar refractivity (Wildman–Crippen MR) is 98.9 cm³/mol. The van der Waals surface area contributed by atoms with E-state index in [-0.39, 0.29) is 11.4 Å². The highest BCUT2D eigenvalue weighted by atomic mass is 19.1. The Bertz CT molecular complexity index is 1130. The van der Waals surface area contributed by atoms with Gasteiger partial charge in [-0.05, 0) is 25.1 Å². The first-order valence-corrected chi connectivity index (χ1v) is 8.60. The van der Waals surface area contributed by atoms with E-state index < -0.39 is 5.82 Å². The SMILES string of the molecule is CCc1oc2ccccc2c1C(=O)Nc1nc2c(F)cccc2n1CC. The number of hydrogen-bond donors (Lipinski definition) is 1. The highest BCUT2D eigenvalue weighted by Crippen LogP contribution is 2.28. The third-order valence-electron chi connectivity index (χ3n) is 4.49. The molecule has 4 aromatic rings. The van der Waals surface area contributed by atoms with Crippen LogP contribution in [0, 0.1) is 5.82 Å². The molecular formula is C20H18FN3O2. The van der Waals surface area contributed by atoms with Crippen LogP contribution in [-0.2, 0) is 13.0 Å². The maximum absolute atomic E-state index is 14.1. The number of furan rings is 1. The van der Waals surface area contributed by atoms with Crippen LogP contribution in [0.3, 0.4) is 0 Å². The largest absolute Gasteiger partial charge is 0.460 e. The minimum Gasteiger partial charge on any atom is -0.460 e. The molecule has 2 aromatic carbocycles. The number of carbonyl (C=O) groups excluding carboxylic acids is 1. The molecule has 132 valence electrons. The summed E-state index contributed by atoms with van der Waals surface area (Å²) in [4.78, 5) is 17.3. The molecule has 0 spiro atoms. The van der Waals surface area contributed by atoms with Gasteiger partial charge in [0.1, 0.15) is 16.9 Å². The van der Waals surface area contributed by atoms with Gasteiger partial charge in [0.15, 0.2) is 5.82 Å². The molecule has 0 saturated heterocycles. The number of nitrogens with zero attached hydrogens (tertiary/aromatic N) is 2. The summed E-state index contributed by atoms with van der Waals surface area (Å²) in [6, 6.07) is 12.2. The molecular weight excluding hydrogens is 333 g/mol. The molecule has 0 saturated carbocycles. The molecule has 2 heterocycles. The second kappa shape index (κ2) is 6.29. The Morgan fingerprint density at radius 2 is 2.00 bits per heavy atom. The number of halogens is 1. The lowest BCUT2D eigenvalue weighted by atomic mass is 10.1. The van der Waals surface area contributed by atoms with E-state index >= 15 is 0 Å². The van der Waals surface area contributed by atoms with Crippen LogP contribution in [-0.4, -0.2) is 15.5 Å². The van der Waals surface area contributed by atoms with Crippen LogP contribution >= 0.6 is 0 Å². The van der Waals surface area contributed by atoms with Gasteiger partial charge in [0.05, 0.1) is 11.1 Å². The van der Waals surface area contributed by atoms with E-state index in [9.17, 15) is 9.18 Å². The number of rotatable bonds is 4. The molecule has 2 aromatic heterocycles. The molecule has 1 N–H and O–H groups in total. The summed E-state index contributed by atoms with van der Waals surface area (Å²) < 4.78 is 21.6. The Hall–Kier alpha value is -3.15. The van der Waals surface area contributed by atoms with E-state index in [4.69, 9.17) is 4.42 Å². The Morgan fingerprint density at radius 1 is 1.19 bits per heavy atom. The summed E-state index contributed by atoms with van der Waals surface area (Å²) in [5.74, 6) is 0.226. The summed E-state index contributed by atoms with van der Waals surface area (Å²) in [5.41, 5.74) is 2.07. The molecule has 0 unspecified atom stereocenters. The van der Waals surface area contributed by atoms with Crippen molar-refractivity contribution in [2.45, 2.75) is 26.8 Å². The third-order valence-corrected chi connectivity index (χ3v) is 4.49. The van der Waals surface area contributed by atoms with Gasteiger partial charge in [0.2, 0.25) is 5.95 Å². The zero-order valence-corrected chi connectivity index (χ0v) is 14.5. The Balaban J connectivity index is 1.80. The van der Waals surface area contributed by atoms with E-state index in [1.165, 1.54) is 6.07 Å². The fourth-order valence-electron chi connectivity index (χ4n) is 3.29. The molecule has 0 fully saturated rings. The van der Waals surface area contributed by atoms with Crippen molar-refractivity contribution in [3.63, 3.8) is 0 Å². The quantitative estimate of drug-likeness (QED) is 0.577. The number of benzene rings is 2. The topological polar surface area (TPSA) is 60.1 Å². The average Bonchev–Trinajstić information content (AvgIpc) is 3.20. The van der Waals surface area contributed by atoms with Crippen LogP contribution in [0.15, 0.2) is 46.9 Å². The third kappa shape index (κ3) is 2.45. The zero-order chi connectivity index (χ0) is 18.3. The highest BCUT2D eigenvalue weighted by molar-refractivity contribution is 6.13. The smallest absolute Gasteiger partial charge is 0.262 e. The molecule has 4 rings (SSSR count). The molecule has 0 radical (unpaired) electrons. The maximum Gasteiger partial charge on any atom is 0.262 e. The van der Waals surface area contributed by atoms with Gasteiger partial charge in [-0.15, -0.1) is 0 Å². The number of fused-ring (bicyclic) bond motifs is 2. The number of hydrogen-bond acceptors (Lipinski definition) is 3. The molecule has 0 aliphatic carbocycles. The van der Waals surface area contributed by atoms with Crippen molar-refractivity contribution >= 4 is 33.9 Å². The first-order chi connectivity index (χ1) is 12.6. The first kappa shape index (κ1) is 16.3. The van der Waals surface area contributed by atoms with Crippen LogP contribution in [0.2, 0.25) is 0 Å². The molecule has 0 aliphatic heterocycles. The second-order valence-corrected chi connectivity index (χ2v) is 5.99. The normalized spacial score (nSPS) is 11.3. The number of aromatic nitrogens is 2. The number of carbonyl (C=O) groups is 1. The van der Waals surface area contributed by atoms with Gasteiger partial charge >= 0.3 is 0 Å². The monoisotopic (exact) mass is 351 g/mol. The molecule has 0 aliphatic rings. The average molecular weight is 351 g/mol. The Morgan fingerprint density at radius 3 is 2.77 bits per heavy atom. The van der Waals surface area contributed by atoms with Crippen LogP contribution in [0.5, 0.6) is 0 Å². The van der Waals surface area contributed by atoms with Gasteiger partial charge in [-0.1, -0.05) is 31.2 Å². The summed E-state index contributed by atoms with van der Waals surface area (Å²) in [6.45, 7) is 4.42. The van der Waals surface area contributed by atoms with E-state index in [0.29, 0.717) is 41.3 Å². The van der Waals surface area contributed by atoms with Gasteiger partial charge in [-0.2, -0.15) is 0 Å². The minimum absolute atomic E-state index is 0.248. The maximum atomic E-state index is 14.1. The van der Waals surface area contributed by atoms with Crippen molar-refractivity contribution < 1.29 is 13.6 Å². The first-order valence-electron chi connectivity index (χ1n) is 8.60. The van der Waals surface area contributed by atoms with Crippen molar-refractivity contribution in [2.75, 3.05) is 5.32 Å². The number of anilines is 1. The number of para-hydroxylation sites is 2. The summed E-state index contributed by atoms with van der Waals surface area (Å²) in [6.07, 6.45) is 0.594. The fourth-order valence-corrected chi connectivity index (χ4v) is 3.29. The van der Waals surface area contributed by atoms with Crippen LogP contribution in [0.25, 0.3) is 22.0 Å². The van der Waals surface area contributed by atoms with Gasteiger partial charge < -0.3 is 8.98 Å². The lowest BCUT2D eigenvalue weighted by Crippen LogP contribution is -2.16. The van der Waals surface area contributed by atoms with Crippen molar-refractivity contribution in [3.05, 3.63) is 59.6 Å². The Kier molecular flexibility index (Phi) is 3.95. The van der Waals surface area contributed by atoms with Crippen molar-refractivity contribution in [1.29, 1.82) is 0 Å². The lowest BCUT2D eigenvalue weighted by molar-refractivity contribution is 0.102. The van der Waals surface area contributed by atoms with Gasteiger partial charge in [0.25, 0.3) is 5.91 Å². The highest BCUT2D eigenvalue weighted by Gasteiger charge is 2.22. The standard InChI is InChI=1S/C20H18FN3O2/c1-3-15-17(12-8-5-6-11-16(12)26-15)19(25)23-20-22-18-13(21)9-7-10-14(18)24(20)4-2/h5-11H,3-4H2,1-2H3,(H,22,23,25). The summed E-state index contributed by atoms with van der Waals surface area (Å²) >= 11 is 0. The van der Waals surface area contributed by atoms with E-state index in [1.54, 1.807) is 16.7 Å². The number of imidazole rings is 1. The molecule has 1 amide bonds. The van der Waals surface area contributed by atoms with E-state index in [1.807, 2.05) is 38.1 Å². The van der Waals surface area contributed by atoms with Gasteiger partial charge in [0, 0.05) is 18.4 Å². The van der Waals surface area contributed by atoms with Crippen molar-refractivity contribution in [1.82, 2.24) is 9.55 Å². The predicted octanol–water partition coefficient (Wildman–Crippen LogP) is 4.76. The van der Waals surface area contributed by atoms with E-state index in [2.05, 4.69) is 10.3 Å². The van der Waals surface area contributed by atoms with E-state index in [0.717, 1.165) is 5.39 Å². The molecule has 6 heteroatoms. The zero-order valence-electron chi connectivity index (χ0n) is 14.5. The second-order valence-electron chi connectivity index (χ2n) is 5.99. The number of amides is 1. The molecule has 26 heavy (non-hydrogen) atoms. The van der Waals surface area contributed by atoms with Crippen LogP contribution in [0.1, 0.15) is 30.0 Å². The summed E-state index contributed by atoms with van der Waals surface area (Å²) in [7, 11) is 0. The molecule has 5 nitrogen and oxygen atoms in total. The fraction of sp³-hybridized carbons (Fsp3) is 0.200. The lowest BCUT2D eigenvalue weighted by Gasteiger charge is -2.07. The van der Waals surface area contributed by atoms with Gasteiger partial charge in [-0.25, -0.2) is 9.37 Å². The minimum atomic E-state index is -0.409. The molecule has 0 bridgehead atoms. The van der Waals surface area contributed by atoms with Crippen molar-refractivity contribution in [2.24, 2.45) is 0 Å². The van der Waals surface area contributed by atoms with Gasteiger partial charge in [-0.3, -0.25) is 10.1 Å². The summed E-state index contributed by atoms with van der Waals surface area (Å²) in [5, 5.41) is 3.59.